The summed E-state index contributed by atoms with van der Waals surface area (Å²) in [4.78, 5) is 8.88. The lowest BCUT2D eigenvalue weighted by Crippen LogP contribution is -2.39. The molecule has 0 aliphatic heterocycles. The second-order valence-electron chi connectivity index (χ2n) is 5.19. The fourth-order valence-corrected chi connectivity index (χ4v) is 1.75. The second-order valence-corrected chi connectivity index (χ2v) is 5.19. The molecule has 8 heteroatoms. The van der Waals surface area contributed by atoms with Crippen LogP contribution in [0.4, 0.5) is 0 Å². The molecule has 0 aliphatic carbocycles. The summed E-state index contributed by atoms with van der Waals surface area (Å²) in [5, 5.41) is 10.4. The number of ether oxygens (including phenoxy) is 1. The average Bonchev–Trinajstić information content (AvgIpc) is 2.97. The Morgan fingerprint density at radius 1 is 1.30 bits per heavy atom. The zero-order chi connectivity index (χ0) is 16.2. The van der Waals surface area contributed by atoms with Crippen molar-refractivity contribution in [3.8, 4) is 0 Å². The molecule has 0 amide bonds. The molecule has 23 heavy (non-hydrogen) atoms. The number of nitrogens with zero attached hydrogens (tertiary/aromatic N) is 3. The quantitative estimate of drug-likeness (QED) is 0.252. The molecule has 7 nitrogen and oxygen atoms in total. The van der Waals surface area contributed by atoms with Gasteiger partial charge in [-0.25, -0.2) is 0 Å². The predicted octanol–water partition coefficient (Wildman–Crippen LogP) is 2.34. The molecule has 2 N–H and O–H groups in total. The van der Waals surface area contributed by atoms with Gasteiger partial charge in [-0.15, -0.1) is 24.0 Å². The van der Waals surface area contributed by atoms with Gasteiger partial charge in [-0.05, 0) is 20.3 Å². The summed E-state index contributed by atoms with van der Waals surface area (Å²) < 4.78 is 10.5. The molecule has 0 fully saturated rings. The molecule has 0 saturated heterocycles. The van der Waals surface area contributed by atoms with Crippen molar-refractivity contribution < 1.29 is 9.26 Å². The van der Waals surface area contributed by atoms with Crippen molar-refractivity contribution >= 4 is 29.9 Å². The largest absolute Gasteiger partial charge is 0.380 e. The molecule has 1 rings (SSSR count). The van der Waals surface area contributed by atoms with Gasteiger partial charge in [-0.3, -0.25) is 4.99 Å². The number of aliphatic imine (C=N–C) groups is 1. The van der Waals surface area contributed by atoms with Crippen LogP contribution in [0.5, 0.6) is 0 Å². The minimum atomic E-state index is 0. The van der Waals surface area contributed by atoms with E-state index in [0.29, 0.717) is 25.0 Å². The van der Waals surface area contributed by atoms with Crippen LogP contribution in [0.15, 0.2) is 9.52 Å². The van der Waals surface area contributed by atoms with Gasteiger partial charge in [-0.2, -0.15) is 4.98 Å². The molecule has 1 aromatic rings. The van der Waals surface area contributed by atoms with Crippen LogP contribution in [0.1, 0.15) is 51.7 Å². The summed E-state index contributed by atoms with van der Waals surface area (Å²) in [6, 6.07) is 0. The van der Waals surface area contributed by atoms with Crippen molar-refractivity contribution in [1.82, 2.24) is 20.8 Å². The van der Waals surface area contributed by atoms with Crippen LogP contribution in [0.25, 0.3) is 0 Å². The third-order valence-electron chi connectivity index (χ3n) is 2.91. The molecule has 0 aromatic carbocycles. The maximum Gasteiger partial charge on any atom is 0.226 e. The van der Waals surface area contributed by atoms with Gasteiger partial charge in [-0.1, -0.05) is 19.0 Å². The number of halogens is 1. The third-order valence-corrected chi connectivity index (χ3v) is 2.91. The van der Waals surface area contributed by atoms with Crippen LogP contribution in [0, 0.1) is 0 Å². The normalized spacial score (nSPS) is 11.4. The molecular weight excluding hydrogens is 409 g/mol. The summed E-state index contributed by atoms with van der Waals surface area (Å²) in [5.41, 5.74) is 0. The summed E-state index contributed by atoms with van der Waals surface area (Å²) in [6.07, 6.45) is 1.63. The number of nitrogens with one attached hydrogen (secondary N) is 2. The zero-order valence-corrected chi connectivity index (χ0v) is 16.9. The molecule has 0 bridgehead atoms. The lowest BCUT2D eigenvalue weighted by molar-refractivity contribution is 0.152. The Morgan fingerprint density at radius 3 is 2.70 bits per heavy atom. The SMILES string of the molecule is CCNC(=NCCCc1nc(C(C)C)no1)NCCOCC.I. The highest BCUT2D eigenvalue weighted by atomic mass is 127. The van der Waals surface area contributed by atoms with E-state index in [0.717, 1.165) is 44.3 Å². The van der Waals surface area contributed by atoms with E-state index in [2.05, 4.69) is 39.6 Å². The van der Waals surface area contributed by atoms with E-state index in [1.807, 2.05) is 13.8 Å². The topological polar surface area (TPSA) is 84.6 Å². The molecule has 0 unspecified atom stereocenters. The van der Waals surface area contributed by atoms with Gasteiger partial charge in [0, 0.05) is 38.6 Å². The Bertz CT molecular complexity index is 437. The zero-order valence-electron chi connectivity index (χ0n) is 14.6. The first-order valence-electron chi connectivity index (χ1n) is 8.09. The molecule has 0 radical (unpaired) electrons. The smallest absolute Gasteiger partial charge is 0.226 e. The van der Waals surface area contributed by atoms with Crippen LogP contribution in [-0.2, 0) is 11.2 Å². The van der Waals surface area contributed by atoms with Gasteiger partial charge >= 0.3 is 0 Å². The van der Waals surface area contributed by atoms with Crippen molar-refractivity contribution in [2.45, 2.75) is 46.5 Å². The number of hydrogen-bond donors (Lipinski definition) is 2. The van der Waals surface area contributed by atoms with E-state index in [9.17, 15) is 0 Å². The number of guanidine groups is 1. The molecule has 1 heterocycles. The van der Waals surface area contributed by atoms with Gasteiger partial charge in [0.05, 0.1) is 6.61 Å². The summed E-state index contributed by atoms with van der Waals surface area (Å²) >= 11 is 0. The lowest BCUT2D eigenvalue weighted by atomic mass is 10.2. The van der Waals surface area contributed by atoms with E-state index in [4.69, 9.17) is 9.26 Å². The van der Waals surface area contributed by atoms with Gasteiger partial charge < -0.3 is 19.9 Å². The first-order valence-corrected chi connectivity index (χ1v) is 8.09. The Balaban J connectivity index is 0.00000484. The fraction of sp³-hybridized carbons (Fsp3) is 0.800. The van der Waals surface area contributed by atoms with Crippen LogP contribution < -0.4 is 10.6 Å². The molecular formula is C15H30IN5O2. The van der Waals surface area contributed by atoms with E-state index in [-0.39, 0.29) is 24.0 Å². The van der Waals surface area contributed by atoms with Gasteiger partial charge in [0.2, 0.25) is 5.89 Å². The lowest BCUT2D eigenvalue weighted by Gasteiger charge is -2.10. The van der Waals surface area contributed by atoms with E-state index >= 15 is 0 Å². The van der Waals surface area contributed by atoms with Gasteiger partial charge in [0.1, 0.15) is 0 Å². The van der Waals surface area contributed by atoms with Gasteiger partial charge in [0.15, 0.2) is 11.8 Å². The van der Waals surface area contributed by atoms with Crippen LogP contribution in [0.3, 0.4) is 0 Å². The van der Waals surface area contributed by atoms with Crippen molar-refractivity contribution in [3.63, 3.8) is 0 Å². The maximum atomic E-state index is 5.29. The van der Waals surface area contributed by atoms with Crippen LogP contribution in [0.2, 0.25) is 0 Å². The first-order chi connectivity index (χ1) is 10.7. The van der Waals surface area contributed by atoms with Crippen molar-refractivity contribution in [1.29, 1.82) is 0 Å². The van der Waals surface area contributed by atoms with Crippen molar-refractivity contribution in [3.05, 3.63) is 11.7 Å². The third kappa shape index (κ3) is 9.75. The van der Waals surface area contributed by atoms with E-state index in [1.54, 1.807) is 0 Å². The van der Waals surface area contributed by atoms with Crippen LogP contribution in [-0.4, -0.2) is 48.9 Å². The Labute approximate surface area is 156 Å². The number of hydrogen-bond acceptors (Lipinski definition) is 5. The molecule has 134 valence electrons. The van der Waals surface area contributed by atoms with Crippen molar-refractivity contribution in [2.75, 3.05) is 32.8 Å². The summed E-state index contributed by atoms with van der Waals surface area (Å²) in [7, 11) is 0. The molecule has 1 aromatic heterocycles. The number of rotatable bonds is 10. The van der Waals surface area contributed by atoms with E-state index < -0.39 is 0 Å². The second kappa shape index (κ2) is 13.5. The highest BCUT2D eigenvalue weighted by Crippen LogP contribution is 2.10. The summed E-state index contributed by atoms with van der Waals surface area (Å²) in [6.45, 7) is 11.9. The molecule has 0 spiro atoms. The minimum absolute atomic E-state index is 0. The number of aryl methyl sites for hydroxylation is 1. The predicted molar refractivity (Wildman–Crippen MR) is 103 cm³/mol. The highest BCUT2D eigenvalue weighted by molar-refractivity contribution is 14.0. The first kappa shape index (κ1) is 22.1. The molecule has 0 aliphatic rings. The minimum Gasteiger partial charge on any atom is -0.380 e. The average molecular weight is 439 g/mol. The van der Waals surface area contributed by atoms with Crippen LogP contribution >= 0.6 is 24.0 Å². The monoisotopic (exact) mass is 439 g/mol. The molecule has 0 atom stereocenters. The maximum absolute atomic E-state index is 5.29. The Kier molecular flexibility index (Phi) is 13.0. The highest BCUT2D eigenvalue weighted by Gasteiger charge is 2.08. The Morgan fingerprint density at radius 2 is 2.09 bits per heavy atom. The number of aromatic nitrogens is 2. The van der Waals surface area contributed by atoms with Crippen molar-refractivity contribution in [2.24, 2.45) is 4.99 Å². The van der Waals surface area contributed by atoms with E-state index in [1.165, 1.54) is 0 Å². The molecule has 0 saturated carbocycles. The summed E-state index contributed by atoms with van der Waals surface area (Å²) in [5.74, 6) is 2.57. The Hall–Kier alpha value is -0.900. The fourth-order valence-electron chi connectivity index (χ4n) is 1.75. The van der Waals surface area contributed by atoms with Gasteiger partial charge in [0.25, 0.3) is 0 Å². The standard InChI is InChI=1S/C15H29N5O2.HI/c1-5-16-15(18-10-11-21-6-2)17-9-7-8-13-19-14(12(3)4)20-22-13;/h12H,5-11H2,1-4H3,(H2,16,17,18);1H.